The molecule has 0 heterocycles. The number of hydrogen-bond acceptors (Lipinski definition) is 3. The molecule has 0 saturated carbocycles. The molecule has 2 aromatic carbocycles. The van der Waals surface area contributed by atoms with Gasteiger partial charge in [-0.05, 0) is 49.2 Å². The lowest BCUT2D eigenvalue weighted by Crippen LogP contribution is -2.03. The molecular weight excluding hydrogens is 242 g/mol. The second-order valence-corrected chi connectivity index (χ2v) is 4.45. The molecule has 0 saturated heterocycles. The van der Waals surface area contributed by atoms with Gasteiger partial charge in [-0.2, -0.15) is 0 Å². The van der Waals surface area contributed by atoms with E-state index in [0.29, 0.717) is 11.4 Å². The lowest BCUT2D eigenvalue weighted by Gasteiger charge is -2.12. The Morgan fingerprint density at radius 1 is 1.16 bits per heavy atom. The summed E-state index contributed by atoms with van der Waals surface area (Å²) in [6.45, 7) is 3.90. The van der Waals surface area contributed by atoms with Crippen LogP contribution in [0.2, 0.25) is 0 Å². The molecule has 19 heavy (non-hydrogen) atoms. The molecular formula is C15H15NO3. The zero-order chi connectivity index (χ0) is 14.0. The van der Waals surface area contributed by atoms with Gasteiger partial charge in [0.05, 0.1) is 5.69 Å². The van der Waals surface area contributed by atoms with E-state index in [4.69, 9.17) is 15.6 Å². The Morgan fingerprint density at radius 2 is 1.79 bits per heavy atom. The van der Waals surface area contributed by atoms with E-state index in [1.165, 1.54) is 6.07 Å². The fourth-order valence-electron chi connectivity index (χ4n) is 1.95. The molecule has 2 aromatic rings. The molecule has 0 unspecified atom stereocenters. The standard InChI is InChI=1S/C15H15NO3/c1-9-6-10(2)8-11(7-9)19-14-12(15(17)18)4-3-5-13(14)16/h3-8H,16H2,1-2H3,(H,17,18). The van der Waals surface area contributed by atoms with Crippen molar-refractivity contribution in [2.24, 2.45) is 0 Å². The maximum Gasteiger partial charge on any atom is 0.339 e. The maximum atomic E-state index is 11.2. The summed E-state index contributed by atoms with van der Waals surface area (Å²) in [5, 5.41) is 9.14. The predicted octanol–water partition coefficient (Wildman–Crippen LogP) is 3.38. The molecule has 4 heteroatoms. The molecule has 4 nitrogen and oxygen atoms in total. The Labute approximate surface area is 111 Å². The summed E-state index contributed by atoms with van der Waals surface area (Å²) in [7, 11) is 0. The van der Waals surface area contributed by atoms with Gasteiger partial charge in [0.2, 0.25) is 0 Å². The maximum absolute atomic E-state index is 11.2. The summed E-state index contributed by atoms with van der Waals surface area (Å²) in [6, 6.07) is 10.4. The summed E-state index contributed by atoms with van der Waals surface area (Å²) in [5.74, 6) is -0.301. The highest BCUT2D eigenvalue weighted by atomic mass is 16.5. The summed E-state index contributed by atoms with van der Waals surface area (Å²) >= 11 is 0. The van der Waals surface area contributed by atoms with Crippen molar-refractivity contribution >= 4 is 11.7 Å². The third-order valence-corrected chi connectivity index (χ3v) is 2.69. The molecule has 0 fully saturated rings. The Morgan fingerprint density at radius 3 is 2.37 bits per heavy atom. The average molecular weight is 257 g/mol. The Hall–Kier alpha value is -2.49. The zero-order valence-electron chi connectivity index (χ0n) is 10.8. The SMILES string of the molecule is Cc1cc(C)cc(Oc2c(N)cccc2C(=O)O)c1. The molecule has 0 amide bonds. The highest BCUT2D eigenvalue weighted by Crippen LogP contribution is 2.32. The van der Waals surface area contributed by atoms with Crippen LogP contribution in [-0.4, -0.2) is 11.1 Å². The first-order chi connectivity index (χ1) is 8.97. The van der Waals surface area contributed by atoms with Crippen molar-refractivity contribution in [3.8, 4) is 11.5 Å². The lowest BCUT2D eigenvalue weighted by atomic mass is 10.1. The van der Waals surface area contributed by atoms with E-state index < -0.39 is 5.97 Å². The molecule has 0 spiro atoms. The number of para-hydroxylation sites is 1. The summed E-state index contributed by atoms with van der Waals surface area (Å²) < 4.78 is 5.66. The third kappa shape index (κ3) is 2.85. The van der Waals surface area contributed by atoms with Gasteiger partial charge in [-0.15, -0.1) is 0 Å². The molecule has 0 aromatic heterocycles. The minimum absolute atomic E-state index is 0.0548. The van der Waals surface area contributed by atoms with Crippen molar-refractivity contribution in [3.63, 3.8) is 0 Å². The number of aromatic carboxylic acids is 1. The van der Waals surface area contributed by atoms with Gasteiger partial charge in [-0.3, -0.25) is 0 Å². The number of nitrogens with two attached hydrogens (primary N) is 1. The van der Waals surface area contributed by atoms with Crippen LogP contribution >= 0.6 is 0 Å². The van der Waals surface area contributed by atoms with Gasteiger partial charge < -0.3 is 15.6 Å². The molecule has 0 bridgehead atoms. The van der Waals surface area contributed by atoms with Crippen molar-refractivity contribution in [2.75, 3.05) is 5.73 Å². The fraction of sp³-hybridized carbons (Fsp3) is 0.133. The second kappa shape index (κ2) is 5.02. The molecule has 98 valence electrons. The van der Waals surface area contributed by atoms with Crippen LogP contribution < -0.4 is 10.5 Å². The minimum Gasteiger partial charge on any atom is -0.478 e. The number of carboxylic acids is 1. The van der Waals surface area contributed by atoms with Crippen LogP contribution in [-0.2, 0) is 0 Å². The molecule has 0 atom stereocenters. The summed E-state index contributed by atoms with van der Waals surface area (Å²) in [4.78, 5) is 11.2. The van der Waals surface area contributed by atoms with E-state index in [1.807, 2.05) is 32.0 Å². The Balaban J connectivity index is 2.45. The molecule has 2 rings (SSSR count). The Kier molecular flexibility index (Phi) is 3.42. The van der Waals surface area contributed by atoms with E-state index in [9.17, 15) is 4.79 Å². The van der Waals surface area contributed by atoms with Gasteiger partial charge >= 0.3 is 5.97 Å². The molecule has 0 aliphatic carbocycles. The van der Waals surface area contributed by atoms with Crippen LogP contribution in [0.1, 0.15) is 21.5 Å². The normalized spacial score (nSPS) is 10.2. The number of aryl methyl sites for hydroxylation is 2. The summed E-state index contributed by atoms with van der Waals surface area (Å²) in [6.07, 6.45) is 0. The molecule has 3 N–H and O–H groups in total. The first-order valence-electron chi connectivity index (χ1n) is 5.85. The Bertz CT molecular complexity index is 615. The number of carbonyl (C=O) groups is 1. The first-order valence-corrected chi connectivity index (χ1v) is 5.85. The van der Waals surface area contributed by atoms with Crippen LogP contribution in [0.3, 0.4) is 0 Å². The van der Waals surface area contributed by atoms with Gasteiger partial charge in [0.15, 0.2) is 5.75 Å². The predicted molar refractivity (Wildman–Crippen MR) is 73.8 cm³/mol. The lowest BCUT2D eigenvalue weighted by molar-refractivity contribution is 0.0694. The number of rotatable bonds is 3. The third-order valence-electron chi connectivity index (χ3n) is 2.69. The molecule has 0 aliphatic rings. The largest absolute Gasteiger partial charge is 0.478 e. The van der Waals surface area contributed by atoms with Crippen LogP contribution in [0.15, 0.2) is 36.4 Å². The van der Waals surface area contributed by atoms with Gasteiger partial charge in [0, 0.05) is 0 Å². The van der Waals surface area contributed by atoms with Crippen LogP contribution in [0, 0.1) is 13.8 Å². The van der Waals surface area contributed by atoms with E-state index in [2.05, 4.69) is 0 Å². The van der Waals surface area contributed by atoms with Crippen LogP contribution in [0.25, 0.3) is 0 Å². The van der Waals surface area contributed by atoms with Gasteiger partial charge in [0.1, 0.15) is 11.3 Å². The van der Waals surface area contributed by atoms with E-state index in [0.717, 1.165) is 11.1 Å². The van der Waals surface area contributed by atoms with E-state index in [-0.39, 0.29) is 11.3 Å². The summed E-state index contributed by atoms with van der Waals surface area (Å²) in [5.41, 5.74) is 8.24. The molecule has 0 aliphatic heterocycles. The van der Waals surface area contributed by atoms with Crippen molar-refractivity contribution in [3.05, 3.63) is 53.1 Å². The van der Waals surface area contributed by atoms with Crippen LogP contribution in [0.4, 0.5) is 5.69 Å². The van der Waals surface area contributed by atoms with Crippen LogP contribution in [0.5, 0.6) is 11.5 Å². The minimum atomic E-state index is -1.06. The highest BCUT2D eigenvalue weighted by Gasteiger charge is 2.15. The number of benzene rings is 2. The number of hydrogen-bond donors (Lipinski definition) is 2. The number of anilines is 1. The first kappa shape index (κ1) is 13.0. The fourth-order valence-corrected chi connectivity index (χ4v) is 1.95. The topological polar surface area (TPSA) is 72.5 Å². The van der Waals surface area contributed by atoms with Crippen molar-refractivity contribution in [1.29, 1.82) is 0 Å². The second-order valence-electron chi connectivity index (χ2n) is 4.45. The quantitative estimate of drug-likeness (QED) is 0.827. The van der Waals surface area contributed by atoms with Crippen molar-refractivity contribution < 1.29 is 14.6 Å². The monoisotopic (exact) mass is 257 g/mol. The van der Waals surface area contributed by atoms with Gasteiger partial charge in [0.25, 0.3) is 0 Å². The van der Waals surface area contributed by atoms with Crippen molar-refractivity contribution in [2.45, 2.75) is 13.8 Å². The van der Waals surface area contributed by atoms with E-state index in [1.54, 1.807) is 12.1 Å². The highest BCUT2D eigenvalue weighted by molar-refractivity contribution is 5.93. The van der Waals surface area contributed by atoms with Gasteiger partial charge in [-0.25, -0.2) is 4.79 Å². The van der Waals surface area contributed by atoms with Crippen molar-refractivity contribution in [1.82, 2.24) is 0 Å². The van der Waals surface area contributed by atoms with Gasteiger partial charge in [-0.1, -0.05) is 12.1 Å². The number of nitrogen functional groups attached to an aromatic ring is 1. The molecule has 0 radical (unpaired) electrons. The number of carboxylic acid groups (broad SMARTS) is 1. The van der Waals surface area contributed by atoms with E-state index >= 15 is 0 Å². The zero-order valence-corrected chi connectivity index (χ0v) is 10.8. The average Bonchev–Trinajstić information content (AvgIpc) is 2.30. The smallest absolute Gasteiger partial charge is 0.339 e. The number of ether oxygens (including phenoxy) is 1.